The standard InChI is InChI=1S/C17H13ClN4O2/c1-11-2-4-12(5-3-11)16(23)17(24)21-14-8-13(18)6-7-15(14)22-10-19-9-20-22/h2-10H,1H3,(H,21,24). The van der Waals surface area contributed by atoms with Crippen molar-refractivity contribution in [3.8, 4) is 5.69 Å². The summed E-state index contributed by atoms with van der Waals surface area (Å²) in [6.07, 6.45) is 2.86. The van der Waals surface area contributed by atoms with E-state index in [0.717, 1.165) is 5.56 Å². The van der Waals surface area contributed by atoms with Gasteiger partial charge in [-0.3, -0.25) is 9.59 Å². The van der Waals surface area contributed by atoms with Gasteiger partial charge in [0, 0.05) is 10.6 Å². The Balaban J connectivity index is 1.88. The van der Waals surface area contributed by atoms with Gasteiger partial charge in [-0.15, -0.1) is 0 Å². The summed E-state index contributed by atoms with van der Waals surface area (Å²) in [4.78, 5) is 28.4. The topological polar surface area (TPSA) is 76.9 Å². The molecular formula is C17H13ClN4O2. The second kappa shape index (κ2) is 6.64. The minimum absolute atomic E-state index is 0.322. The number of carbonyl (C=O) groups excluding carboxylic acids is 2. The molecule has 1 amide bonds. The summed E-state index contributed by atoms with van der Waals surface area (Å²) in [5.41, 5.74) is 2.26. The van der Waals surface area contributed by atoms with Crippen molar-refractivity contribution in [3.63, 3.8) is 0 Å². The average Bonchev–Trinajstić information content (AvgIpc) is 3.09. The molecule has 3 aromatic rings. The number of hydrogen-bond donors (Lipinski definition) is 1. The number of rotatable bonds is 4. The van der Waals surface area contributed by atoms with Crippen molar-refractivity contribution in [1.82, 2.24) is 14.8 Å². The maximum Gasteiger partial charge on any atom is 0.296 e. The third kappa shape index (κ3) is 3.33. The fourth-order valence-corrected chi connectivity index (χ4v) is 2.33. The van der Waals surface area contributed by atoms with Crippen LogP contribution in [0.5, 0.6) is 0 Å². The molecule has 7 heteroatoms. The number of aryl methyl sites for hydroxylation is 1. The van der Waals surface area contributed by atoms with Crippen molar-refractivity contribution in [2.24, 2.45) is 0 Å². The SMILES string of the molecule is Cc1ccc(C(=O)C(=O)Nc2cc(Cl)ccc2-n2cncn2)cc1. The van der Waals surface area contributed by atoms with Gasteiger partial charge in [0.25, 0.3) is 11.7 Å². The van der Waals surface area contributed by atoms with Crippen molar-refractivity contribution in [3.05, 3.63) is 71.3 Å². The number of carbonyl (C=O) groups is 2. The van der Waals surface area contributed by atoms with Gasteiger partial charge in [-0.1, -0.05) is 41.4 Å². The van der Waals surface area contributed by atoms with Crippen LogP contribution in [0, 0.1) is 6.92 Å². The predicted molar refractivity (Wildman–Crippen MR) is 90.5 cm³/mol. The number of hydrogen-bond acceptors (Lipinski definition) is 4. The first-order valence-corrected chi connectivity index (χ1v) is 7.49. The minimum atomic E-state index is -0.748. The summed E-state index contributed by atoms with van der Waals surface area (Å²) < 4.78 is 1.47. The maximum absolute atomic E-state index is 12.3. The smallest absolute Gasteiger partial charge is 0.296 e. The van der Waals surface area contributed by atoms with Gasteiger partial charge in [0.2, 0.25) is 0 Å². The molecule has 120 valence electrons. The molecule has 3 rings (SSSR count). The molecule has 0 atom stereocenters. The number of nitrogens with one attached hydrogen (secondary N) is 1. The van der Waals surface area contributed by atoms with Crippen LogP contribution >= 0.6 is 11.6 Å². The number of nitrogens with zero attached hydrogens (tertiary/aromatic N) is 3. The van der Waals surface area contributed by atoms with Crippen molar-refractivity contribution in [2.75, 3.05) is 5.32 Å². The van der Waals surface area contributed by atoms with E-state index in [1.165, 1.54) is 17.3 Å². The van der Waals surface area contributed by atoms with Crippen LogP contribution in [-0.4, -0.2) is 26.5 Å². The van der Waals surface area contributed by atoms with Crippen LogP contribution in [0.3, 0.4) is 0 Å². The van der Waals surface area contributed by atoms with E-state index in [9.17, 15) is 9.59 Å². The number of amides is 1. The van der Waals surface area contributed by atoms with Crippen LogP contribution in [0.1, 0.15) is 15.9 Å². The molecular weight excluding hydrogens is 328 g/mol. The van der Waals surface area contributed by atoms with E-state index in [1.807, 2.05) is 6.92 Å². The van der Waals surface area contributed by atoms with E-state index in [1.54, 1.807) is 42.5 Å². The maximum atomic E-state index is 12.3. The normalized spacial score (nSPS) is 10.4. The highest BCUT2D eigenvalue weighted by atomic mass is 35.5. The van der Waals surface area contributed by atoms with Crippen molar-refractivity contribution >= 4 is 29.0 Å². The van der Waals surface area contributed by atoms with E-state index in [4.69, 9.17) is 11.6 Å². The van der Waals surface area contributed by atoms with E-state index in [-0.39, 0.29) is 0 Å². The molecule has 24 heavy (non-hydrogen) atoms. The molecule has 0 aliphatic carbocycles. The number of benzene rings is 2. The number of anilines is 1. The van der Waals surface area contributed by atoms with Crippen molar-refractivity contribution in [2.45, 2.75) is 6.92 Å². The number of ketones is 1. The lowest BCUT2D eigenvalue weighted by atomic mass is 10.1. The molecule has 6 nitrogen and oxygen atoms in total. The zero-order chi connectivity index (χ0) is 17.1. The number of aromatic nitrogens is 3. The Morgan fingerprint density at radius 2 is 1.88 bits per heavy atom. The van der Waals surface area contributed by atoms with Gasteiger partial charge in [-0.25, -0.2) is 9.67 Å². The highest BCUT2D eigenvalue weighted by Crippen LogP contribution is 2.24. The molecule has 0 radical (unpaired) electrons. The summed E-state index contributed by atoms with van der Waals surface area (Å²) in [5, 5.41) is 7.04. The van der Waals surface area contributed by atoms with Gasteiger partial charge in [0.05, 0.1) is 11.4 Å². The molecule has 0 aliphatic rings. The molecule has 0 unspecified atom stereocenters. The molecule has 0 fully saturated rings. The molecule has 0 saturated heterocycles. The highest BCUT2D eigenvalue weighted by molar-refractivity contribution is 6.46. The quantitative estimate of drug-likeness (QED) is 0.585. The predicted octanol–water partition coefficient (Wildman–Crippen LogP) is 3.05. The van der Waals surface area contributed by atoms with Crippen molar-refractivity contribution in [1.29, 1.82) is 0 Å². The fourth-order valence-electron chi connectivity index (χ4n) is 2.16. The summed E-state index contributed by atoms with van der Waals surface area (Å²) >= 11 is 5.99. The van der Waals surface area contributed by atoms with Crippen LogP contribution in [0.15, 0.2) is 55.1 Å². The zero-order valence-corrected chi connectivity index (χ0v) is 13.5. The lowest BCUT2D eigenvalue weighted by Gasteiger charge is -2.11. The Labute approximate surface area is 143 Å². The molecule has 2 aromatic carbocycles. The first-order valence-electron chi connectivity index (χ1n) is 7.11. The van der Waals surface area contributed by atoms with E-state index >= 15 is 0 Å². The van der Waals surface area contributed by atoms with Crippen LogP contribution in [0.25, 0.3) is 5.69 Å². The second-order valence-electron chi connectivity index (χ2n) is 5.15. The average molecular weight is 341 g/mol. The Hall–Kier alpha value is -2.99. The van der Waals surface area contributed by atoms with Gasteiger partial charge >= 0.3 is 0 Å². The fraction of sp³-hybridized carbons (Fsp3) is 0.0588. The zero-order valence-electron chi connectivity index (χ0n) is 12.7. The third-order valence-corrected chi connectivity index (χ3v) is 3.63. The molecule has 1 aromatic heterocycles. The van der Waals surface area contributed by atoms with Crippen LogP contribution in [0.2, 0.25) is 5.02 Å². The van der Waals surface area contributed by atoms with Crippen molar-refractivity contribution < 1.29 is 9.59 Å². The Bertz CT molecular complexity index is 889. The second-order valence-corrected chi connectivity index (χ2v) is 5.59. The Morgan fingerprint density at radius 1 is 1.12 bits per heavy atom. The lowest BCUT2D eigenvalue weighted by molar-refractivity contribution is -0.112. The monoisotopic (exact) mass is 340 g/mol. The molecule has 0 spiro atoms. The first-order chi connectivity index (χ1) is 11.5. The molecule has 0 aliphatic heterocycles. The van der Waals surface area contributed by atoms with Gasteiger partial charge < -0.3 is 5.32 Å². The van der Waals surface area contributed by atoms with Crippen LogP contribution < -0.4 is 5.32 Å². The Morgan fingerprint density at radius 3 is 2.54 bits per heavy atom. The Kier molecular flexibility index (Phi) is 4.39. The van der Waals surface area contributed by atoms with E-state index in [0.29, 0.717) is 22.0 Å². The van der Waals surface area contributed by atoms with Crippen LogP contribution in [-0.2, 0) is 4.79 Å². The lowest BCUT2D eigenvalue weighted by Crippen LogP contribution is -2.23. The first kappa shape index (κ1) is 15.9. The van der Waals surface area contributed by atoms with E-state index in [2.05, 4.69) is 15.4 Å². The summed E-state index contributed by atoms with van der Waals surface area (Å²) in [5.74, 6) is -1.37. The number of halogens is 1. The summed E-state index contributed by atoms with van der Waals surface area (Å²) in [6.45, 7) is 1.91. The van der Waals surface area contributed by atoms with E-state index < -0.39 is 11.7 Å². The minimum Gasteiger partial charge on any atom is -0.317 e. The number of Topliss-reactive ketones (excluding diaryl/α,β-unsaturated/α-hetero) is 1. The third-order valence-electron chi connectivity index (χ3n) is 3.39. The van der Waals surface area contributed by atoms with Crippen LogP contribution in [0.4, 0.5) is 5.69 Å². The van der Waals surface area contributed by atoms with Gasteiger partial charge in [0.1, 0.15) is 12.7 Å². The summed E-state index contributed by atoms with van der Waals surface area (Å²) in [7, 11) is 0. The van der Waals surface area contributed by atoms with Gasteiger partial charge in [-0.2, -0.15) is 5.10 Å². The largest absolute Gasteiger partial charge is 0.317 e. The highest BCUT2D eigenvalue weighted by Gasteiger charge is 2.18. The van der Waals surface area contributed by atoms with Gasteiger partial charge in [-0.05, 0) is 25.1 Å². The molecule has 1 N–H and O–H groups in total. The van der Waals surface area contributed by atoms with Gasteiger partial charge in [0.15, 0.2) is 0 Å². The molecule has 0 saturated carbocycles. The molecule has 0 bridgehead atoms. The summed E-state index contributed by atoms with van der Waals surface area (Å²) in [6, 6.07) is 11.7. The molecule has 1 heterocycles.